The second kappa shape index (κ2) is 8.90. The summed E-state index contributed by atoms with van der Waals surface area (Å²) in [4.78, 5) is 40.8. The fourth-order valence-corrected chi connectivity index (χ4v) is 3.54. The summed E-state index contributed by atoms with van der Waals surface area (Å²) >= 11 is 7.33. The predicted octanol–water partition coefficient (Wildman–Crippen LogP) is 2.65. The van der Waals surface area contributed by atoms with Crippen molar-refractivity contribution in [1.29, 1.82) is 0 Å². The molecule has 3 aromatic rings. The van der Waals surface area contributed by atoms with E-state index in [0.717, 1.165) is 17.3 Å². The van der Waals surface area contributed by atoms with E-state index >= 15 is 0 Å². The summed E-state index contributed by atoms with van der Waals surface area (Å²) in [6, 6.07) is 13.7. The van der Waals surface area contributed by atoms with Crippen molar-refractivity contribution in [1.82, 2.24) is 20.2 Å². The molecule has 0 bridgehead atoms. The minimum absolute atomic E-state index is 0.0687. The molecule has 3 rings (SSSR count). The van der Waals surface area contributed by atoms with Crippen LogP contribution >= 0.6 is 23.4 Å². The Balaban J connectivity index is 1.97. The van der Waals surface area contributed by atoms with Gasteiger partial charge in [0.25, 0.3) is 5.56 Å². The van der Waals surface area contributed by atoms with Crippen molar-refractivity contribution >= 4 is 46.2 Å². The summed E-state index contributed by atoms with van der Waals surface area (Å²) < 4.78 is 1.49. The van der Waals surface area contributed by atoms with Crippen LogP contribution in [0.3, 0.4) is 0 Å². The number of fused-ring (bicyclic) bond motifs is 1. The number of hydrogen-bond donors (Lipinski definition) is 2. The molecule has 3 amide bonds. The minimum atomic E-state index is -0.592. The third-order valence-electron chi connectivity index (χ3n) is 3.93. The van der Waals surface area contributed by atoms with Crippen molar-refractivity contribution in [2.45, 2.75) is 11.7 Å². The molecule has 0 unspecified atom stereocenters. The number of imide groups is 1. The van der Waals surface area contributed by atoms with Crippen molar-refractivity contribution in [2.75, 3.05) is 12.8 Å². The van der Waals surface area contributed by atoms with E-state index in [4.69, 9.17) is 11.6 Å². The van der Waals surface area contributed by atoms with Crippen LogP contribution in [0.25, 0.3) is 10.9 Å². The Morgan fingerprint density at radius 3 is 2.61 bits per heavy atom. The van der Waals surface area contributed by atoms with Crippen molar-refractivity contribution in [3.8, 4) is 0 Å². The zero-order valence-corrected chi connectivity index (χ0v) is 16.5. The first-order valence-electron chi connectivity index (χ1n) is 8.37. The van der Waals surface area contributed by atoms with Gasteiger partial charge in [0.1, 0.15) is 0 Å². The van der Waals surface area contributed by atoms with Gasteiger partial charge in [0.2, 0.25) is 5.91 Å². The standard InChI is InChI=1S/C19H17ClN4O3S/c1-21-18(27)23-16(25)11-28-19-22-15-9-5-3-7-13(15)17(26)24(19)10-12-6-2-4-8-14(12)20/h2-9H,10-11H2,1H3,(H2,21,23,25,27). The van der Waals surface area contributed by atoms with Gasteiger partial charge in [-0.25, -0.2) is 9.78 Å². The van der Waals surface area contributed by atoms with Crippen LogP contribution in [-0.2, 0) is 11.3 Å². The van der Waals surface area contributed by atoms with Gasteiger partial charge in [0, 0.05) is 12.1 Å². The monoisotopic (exact) mass is 416 g/mol. The first-order chi connectivity index (χ1) is 13.5. The number of benzene rings is 2. The third-order valence-corrected chi connectivity index (χ3v) is 5.27. The molecule has 1 heterocycles. The number of para-hydroxylation sites is 1. The number of hydrogen-bond acceptors (Lipinski definition) is 5. The van der Waals surface area contributed by atoms with Crippen LogP contribution in [0.1, 0.15) is 5.56 Å². The summed E-state index contributed by atoms with van der Waals surface area (Å²) in [6.45, 7) is 0.218. The van der Waals surface area contributed by atoms with E-state index < -0.39 is 11.9 Å². The van der Waals surface area contributed by atoms with Crippen LogP contribution in [0.2, 0.25) is 5.02 Å². The number of halogens is 1. The zero-order valence-electron chi connectivity index (χ0n) is 14.9. The topological polar surface area (TPSA) is 93.1 Å². The Labute approximate surface area is 170 Å². The fourth-order valence-electron chi connectivity index (χ4n) is 2.55. The average Bonchev–Trinajstić information content (AvgIpc) is 2.70. The van der Waals surface area contributed by atoms with Gasteiger partial charge in [-0.05, 0) is 23.8 Å². The van der Waals surface area contributed by atoms with Gasteiger partial charge in [-0.3, -0.25) is 19.5 Å². The van der Waals surface area contributed by atoms with E-state index in [1.54, 1.807) is 30.3 Å². The number of carbonyl (C=O) groups excluding carboxylic acids is 2. The molecule has 0 saturated carbocycles. The van der Waals surface area contributed by atoms with Gasteiger partial charge in [-0.15, -0.1) is 0 Å². The molecule has 2 aromatic carbocycles. The number of thioether (sulfide) groups is 1. The molecule has 0 atom stereocenters. The van der Waals surface area contributed by atoms with E-state index in [2.05, 4.69) is 15.6 Å². The van der Waals surface area contributed by atoms with Crippen LogP contribution in [0.5, 0.6) is 0 Å². The van der Waals surface area contributed by atoms with Gasteiger partial charge in [-0.1, -0.05) is 53.7 Å². The second-order valence-electron chi connectivity index (χ2n) is 5.81. The lowest BCUT2D eigenvalue weighted by atomic mass is 10.2. The molecule has 9 heteroatoms. The molecule has 2 N–H and O–H groups in total. The van der Waals surface area contributed by atoms with Crippen LogP contribution in [0.4, 0.5) is 4.79 Å². The summed E-state index contributed by atoms with van der Waals surface area (Å²) in [5.41, 5.74) is 1.08. The number of nitrogens with one attached hydrogen (secondary N) is 2. The maximum absolute atomic E-state index is 13.0. The predicted molar refractivity (Wildman–Crippen MR) is 110 cm³/mol. The number of urea groups is 1. The largest absolute Gasteiger partial charge is 0.341 e. The van der Waals surface area contributed by atoms with Crippen molar-refractivity contribution in [3.63, 3.8) is 0 Å². The van der Waals surface area contributed by atoms with E-state index in [-0.39, 0.29) is 17.9 Å². The molecule has 0 aliphatic heterocycles. The Kier molecular flexibility index (Phi) is 6.33. The Morgan fingerprint density at radius 2 is 1.86 bits per heavy atom. The second-order valence-corrected chi connectivity index (χ2v) is 7.16. The quantitative estimate of drug-likeness (QED) is 0.492. The van der Waals surface area contributed by atoms with Gasteiger partial charge in [0.15, 0.2) is 5.16 Å². The van der Waals surface area contributed by atoms with E-state index in [1.165, 1.54) is 11.6 Å². The van der Waals surface area contributed by atoms with E-state index in [0.29, 0.717) is 21.1 Å². The number of aromatic nitrogens is 2. The lowest BCUT2D eigenvalue weighted by molar-refractivity contribution is -0.117. The van der Waals surface area contributed by atoms with E-state index in [9.17, 15) is 14.4 Å². The first-order valence-corrected chi connectivity index (χ1v) is 9.73. The molecule has 1 aromatic heterocycles. The van der Waals surface area contributed by atoms with Gasteiger partial charge in [0.05, 0.1) is 23.2 Å². The first kappa shape index (κ1) is 19.9. The highest BCUT2D eigenvalue weighted by molar-refractivity contribution is 7.99. The fraction of sp³-hybridized carbons (Fsp3) is 0.158. The lowest BCUT2D eigenvalue weighted by Gasteiger charge is -2.14. The molecule has 7 nitrogen and oxygen atoms in total. The third kappa shape index (κ3) is 4.52. The number of rotatable bonds is 5. The SMILES string of the molecule is CNC(=O)NC(=O)CSc1nc2ccccc2c(=O)n1Cc1ccccc1Cl. The zero-order chi connectivity index (χ0) is 20.1. The molecular formula is C19H17ClN4O3S. The summed E-state index contributed by atoms with van der Waals surface area (Å²) in [6.07, 6.45) is 0. The van der Waals surface area contributed by atoms with Crippen LogP contribution in [0, 0.1) is 0 Å². The molecule has 0 aliphatic carbocycles. The molecule has 144 valence electrons. The highest BCUT2D eigenvalue weighted by Crippen LogP contribution is 2.21. The van der Waals surface area contributed by atoms with Gasteiger partial charge < -0.3 is 5.32 Å². The minimum Gasteiger partial charge on any atom is -0.341 e. The maximum Gasteiger partial charge on any atom is 0.321 e. The van der Waals surface area contributed by atoms with Crippen molar-refractivity contribution in [2.24, 2.45) is 0 Å². The highest BCUT2D eigenvalue weighted by Gasteiger charge is 2.15. The van der Waals surface area contributed by atoms with Gasteiger partial charge in [-0.2, -0.15) is 0 Å². The summed E-state index contributed by atoms with van der Waals surface area (Å²) in [5.74, 6) is -0.558. The molecule has 0 saturated heterocycles. The molecule has 0 aliphatic rings. The van der Waals surface area contributed by atoms with Crippen LogP contribution in [-0.4, -0.2) is 34.3 Å². The number of amides is 3. The number of carbonyl (C=O) groups is 2. The molecular weight excluding hydrogens is 400 g/mol. The van der Waals surface area contributed by atoms with Gasteiger partial charge >= 0.3 is 6.03 Å². The average molecular weight is 417 g/mol. The van der Waals surface area contributed by atoms with Crippen molar-refractivity contribution in [3.05, 3.63) is 69.5 Å². The Morgan fingerprint density at radius 1 is 1.14 bits per heavy atom. The smallest absolute Gasteiger partial charge is 0.321 e. The van der Waals surface area contributed by atoms with Crippen LogP contribution < -0.4 is 16.2 Å². The molecule has 0 radical (unpaired) electrons. The summed E-state index contributed by atoms with van der Waals surface area (Å²) in [5, 5.41) is 5.88. The Bertz CT molecular complexity index is 1100. The molecule has 28 heavy (non-hydrogen) atoms. The molecule has 0 spiro atoms. The molecule has 0 fully saturated rings. The maximum atomic E-state index is 13.0. The highest BCUT2D eigenvalue weighted by atomic mass is 35.5. The van der Waals surface area contributed by atoms with Crippen LogP contribution in [0.15, 0.2) is 58.5 Å². The van der Waals surface area contributed by atoms with Crippen molar-refractivity contribution < 1.29 is 9.59 Å². The summed E-state index contributed by atoms with van der Waals surface area (Å²) in [7, 11) is 1.42. The van der Waals surface area contributed by atoms with E-state index in [1.807, 2.05) is 18.2 Å². The normalized spacial score (nSPS) is 10.6. The number of nitrogens with zero attached hydrogens (tertiary/aromatic N) is 2. The Hall–Kier alpha value is -2.84. The lowest BCUT2D eigenvalue weighted by Crippen LogP contribution is -2.38.